The zero-order valence-corrected chi connectivity index (χ0v) is 15.3. The molecule has 0 heterocycles. The van der Waals surface area contributed by atoms with Crippen molar-refractivity contribution in [3.05, 3.63) is 53.6 Å². The molecule has 1 atom stereocenters. The van der Waals surface area contributed by atoms with Crippen LogP contribution >= 0.6 is 0 Å². The Kier molecular flexibility index (Phi) is 7.81. The number of rotatable bonds is 8. The van der Waals surface area contributed by atoms with Crippen molar-refractivity contribution in [1.82, 2.24) is 0 Å². The molecule has 0 aliphatic heterocycles. The fraction of sp³-hybridized carbons (Fsp3) is 0.333. The number of hydrogen-bond donors (Lipinski definition) is 1. The van der Waals surface area contributed by atoms with Crippen molar-refractivity contribution in [2.75, 3.05) is 34.5 Å². The van der Waals surface area contributed by atoms with E-state index in [1.54, 1.807) is 21.3 Å². The smallest absolute Gasteiger partial charge is 0.161 e. The summed E-state index contributed by atoms with van der Waals surface area (Å²) in [6.07, 6.45) is -0.0566. The third-order valence-corrected chi connectivity index (χ3v) is 3.73. The Hall–Kier alpha value is -2.68. The number of aliphatic hydroxyl groups excluding tert-OH is 1. The minimum absolute atomic E-state index is 0.229. The van der Waals surface area contributed by atoms with Crippen LogP contribution in [0.5, 0.6) is 17.2 Å². The molecule has 0 aliphatic rings. The van der Waals surface area contributed by atoms with E-state index in [2.05, 4.69) is 11.8 Å². The predicted molar refractivity (Wildman–Crippen MR) is 99.9 cm³/mol. The highest BCUT2D eigenvalue weighted by atomic mass is 16.5. The lowest BCUT2D eigenvalue weighted by Gasteiger charge is -2.10. The molecule has 0 aromatic heterocycles. The van der Waals surface area contributed by atoms with Crippen LogP contribution in [0.1, 0.15) is 11.1 Å². The van der Waals surface area contributed by atoms with Gasteiger partial charge in [-0.05, 0) is 35.9 Å². The van der Waals surface area contributed by atoms with E-state index in [0.717, 1.165) is 16.9 Å². The lowest BCUT2D eigenvalue weighted by atomic mass is 10.1. The molecule has 0 spiro atoms. The molecule has 2 aromatic carbocycles. The lowest BCUT2D eigenvalue weighted by molar-refractivity contribution is 0.0517. The minimum Gasteiger partial charge on any atom is -0.497 e. The first-order valence-corrected chi connectivity index (χ1v) is 8.26. The van der Waals surface area contributed by atoms with Crippen LogP contribution in [0.25, 0.3) is 0 Å². The van der Waals surface area contributed by atoms with Gasteiger partial charge in [0.15, 0.2) is 11.5 Å². The first kappa shape index (κ1) is 19.6. The Morgan fingerprint density at radius 3 is 2.31 bits per heavy atom. The Bertz CT molecular complexity index is 743. The van der Waals surface area contributed by atoms with E-state index in [4.69, 9.17) is 18.9 Å². The van der Waals surface area contributed by atoms with Gasteiger partial charge in [-0.3, -0.25) is 0 Å². The minimum atomic E-state index is -0.578. The molecule has 26 heavy (non-hydrogen) atoms. The van der Waals surface area contributed by atoms with Gasteiger partial charge in [-0.15, -0.1) is 0 Å². The van der Waals surface area contributed by atoms with Crippen molar-refractivity contribution < 1.29 is 24.1 Å². The van der Waals surface area contributed by atoms with Crippen molar-refractivity contribution in [3.8, 4) is 29.1 Å². The summed E-state index contributed by atoms with van der Waals surface area (Å²) in [6, 6.07) is 13.1. The summed E-state index contributed by atoms with van der Waals surface area (Å²) in [6.45, 7) is 0.473. The van der Waals surface area contributed by atoms with Crippen LogP contribution in [0.2, 0.25) is 0 Å². The van der Waals surface area contributed by atoms with Gasteiger partial charge >= 0.3 is 0 Å². The van der Waals surface area contributed by atoms with Crippen LogP contribution in [0.4, 0.5) is 0 Å². The number of methoxy groups -OCH3 is 3. The van der Waals surface area contributed by atoms with E-state index in [-0.39, 0.29) is 13.2 Å². The van der Waals surface area contributed by atoms with Gasteiger partial charge in [0.1, 0.15) is 12.4 Å². The Labute approximate surface area is 154 Å². The van der Waals surface area contributed by atoms with Crippen molar-refractivity contribution in [2.24, 2.45) is 0 Å². The Morgan fingerprint density at radius 2 is 1.65 bits per heavy atom. The largest absolute Gasteiger partial charge is 0.497 e. The van der Waals surface area contributed by atoms with Crippen LogP contribution in [-0.4, -0.2) is 45.8 Å². The molecule has 2 rings (SSSR count). The molecule has 0 fully saturated rings. The van der Waals surface area contributed by atoms with Crippen LogP contribution in [0, 0.1) is 11.8 Å². The molecule has 0 amide bonds. The SMILES string of the molecule is COc1ccc(CC(O)COCC#Cc2ccc(OC)c(OC)c2)cc1. The standard InChI is InChI=1S/C21H24O5/c1-23-19-9-6-17(7-10-19)13-18(22)15-26-12-4-5-16-8-11-20(24-2)21(14-16)25-3/h6-11,14,18,22H,12-13,15H2,1-3H3. The van der Waals surface area contributed by atoms with Crippen molar-refractivity contribution in [2.45, 2.75) is 12.5 Å². The molecular weight excluding hydrogens is 332 g/mol. The fourth-order valence-corrected chi connectivity index (χ4v) is 2.39. The summed E-state index contributed by atoms with van der Waals surface area (Å²) in [5.41, 5.74) is 1.84. The molecule has 0 aliphatic carbocycles. The average molecular weight is 356 g/mol. The summed E-state index contributed by atoms with van der Waals surface area (Å²) < 4.78 is 21.0. The van der Waals surface area contributed by atoms with Crippen LogP contribution in [0.3, 0.4) is 0 Å². The normalized spacial score (nSPS) is 11.2. The monoisotopic (exact) mass is 356 g/mol. The Balaban J connectivity index is 1.77. The van der Waals surface area contributed by atoms with Crippen LogP contribution in [-0.2, 0) is 11.2 Å². The van der Waals surface area contributed by atoms with Gasteiger partial charge in [-0.25, -0.2) is 0 Å². The molecule has 0 saturated carbocycles. The second-order valence-electron chi connectivity index (χ2n) is 5.59. The highest BCUT2D eigenvalue weighted by molar-refractivity contribution is 5.48. The molecule has 0 saturated heterocycles. The summed E-state index contributed by atoms with van der Waals surface area (Å²) in [7, 11) is 4.80. The zero-order valence-electron chi connectivity index (χ0n) is 15.3. The summed E-state index contributed by atoms with van der Waals surface area (Å²) in [4.78, 5) is 0. The van der Waals surface area contributed by atoms with Gasteiger partial charge in [0.2, 0.25) is 0 Å². The van der Waals surface area contributed by atoms with E-state index >= 15 is 0 Å². The summed E-state index contributed by atoms with van der Waals surface area (Å²) in [5, 5.41) is 10.0. The van der Waals surface area contributed by atoms with Crippen molar-refractivity contribution in [3.63, 3.8) is 0 Å². The maximum absolute atomic E-state index is 10.0. The predicted octanol–water partition coefficient (Wildman–Crippen LogP) is 2.68. The molecule has 5 heteroatoms. The zero-order chi connectivity index (χ0) is 18.8. The highest BCUT2D eigenvalue weighted by Crippen LogP contribution is 2.27. The van der Waals surface area contributed by atoms with Gasteiger partial charge in [0.05, 0.1) is 34.0 Å². The topological polar surface area (TPSA) is 57.2 Å². The quantitative estimate of drug-likeness (QED) is 0.582. The molecule has 0 radical (unpaired) electrons. The van der Waals surface area contributed by atoms with Crippen LogP contribution < -0.4 is 14.2 Å². The summed E-state index contributed by atoms with van der Waals surface area (Å²) in [5.74, 6) is 8.02. The highest BCUT2D eigenvalue weighted by Gasteiger charge is 2.06. The molecule has 5 nitrogen and oxygen atoms in total. The lowest BCUT2D eigenvalue weighted by Crippen LogP contribution is -2.18. The van der Waals surface area contributed by atoms with Crippen molar-refractivity contribution in [1.29, 1.82) is 0 Å². The Morgan fingerprint density at radius 1 is 0.923 bits per heavy atom. The van der Waals surface area contributed by atoms with E-state index in [1.807, 2.05) is 42.5 Å². The molecule has 0 bridgehead atoms. The van der Waals surface area contributed by atoms with Crippen LogP contribution in [0.15, 0.2) is 42.5 Å². The first-order chi connectivity index (χ1) is 12.7. The third kappa shape index (κ3) is 5.99. The average Bonchev–Trinajstić information content (AvgIpc) is 2.68. The van der Waals surface area contributed by atoms with Gasteiger partial charge in [-0.2, -0.15) is 0 Å². The maximum Gasteiger partial charge on any atom is 0.161 e. The van der Waals surface area contributed by atoms with E-state index in [0.29, 0.717) is 17.9 Å². The van der Waals surface area contributed by atoms with E-state index in [1.165, 1.54) is 0 Å². The van der Waals surface area contributed by atoms with E-state index < -0.39 is 6.10 Å². The van der Waals surface area contributed by atoms with Crippen molar-refractivity contribution >= 4 is 0 Å². The van der Waals surface area contributed by atoms with Gasteiger partial charge < -0.3 is 24.1 Å². The molecule has 1 unspecified atom stereocenters. The third-order valence-electron chi connectivity index (χ3n) is 3.73. The van der Waals surface area contributed by atoms with Gasteiger partial charge in [-0.1, -0.05) is 24.0 Å². The second-order valence-corrected chi connectivity index (χ2v) is 5.59. The maximum atomic E-state index is 10.0. The molecular formula is C21H24O5. The number of hydrogen-bond acceptors (Lipinski definition) is 5. The summed E-state index contributed by atoms with van der Waals surface area (Å²) >= 11 is 0. The number of ether oxygens (including phenoxy) is 4. The second kappa shape index (κ2) is 10.3. The molecule has 1 N–H and O–H groups in total. The number of aliphatic hydroxyl groups is 1. The van der Waals surface area contributed by atoms with Gasteiger partial charge in [0.25, 0.3) is 0 Å². The fourth-order valence-electron chi connectivity index (χ4n) is 2.39. The van der Waals surface area contributed by atoms with Gasteiger partial charge in [0, 0.05) is 12.0 Å². The molecule has 2 aromatic rings. The number of benzene rings is 2. The van der Waals surface area contributed by atoms with E-state index in [9.17, 15) is 5.11 Å². The molecule has 138 valence electrons. The first-order valence-electron chi connectivity index (χ1n) is 8.26.